The molecule has 2 aromatic rings. The summed E-state index contributed by atoms with van der Waals surface area (Å²) in [4.78, 5) is 0. The Morgan fingerprint density at radius 3 is 2.89 bits per heavy atom. The molecule has 0 saturated carbocycles. The monoisotopic (exact) mass is 312 g/mol. The van der Waals surface area contributed by atoms with Gasteiger partial charge < -0.3 is 0 Å². The van der Waals surface area contributed by atoms with Gasteiger partial charge in [-0.1, -0.05) is 15.9 Å². The molecule has 0 bridgehead atoms. The number of halogens is 2. The van der Waals surface area contributed by atoms with E-state index in [9.17, 15) is 4.39 Å². The minimum atomic E-state index is -0.283. The van der Waals surface area contributed by atoms with E-state index in [0.29, 0.717) is 6.42 Å². The van der Waals surface area contributed by atoms with Gasteiger partial charge in [-0.3, -0.25) is 16.0 Å². The number of aryl methyl sites for hydroxylation is 1. The number of benzene rings is 1. The molecular formula is C12H14BrFN4. The van der Waals surface area contributed by atoms with Crippen molar-refractivity contribution in [1.29, 1.82) is 0 Å². The van der Waals surface area contributed by atoms with Crippen molar-refractivity contribution in [2.24, 2.45) is 12.9 Å². The van der Waals surface area contributed by atoms with Gasteiger partial charge in [0, 0.05) is 24.1 Å². The van der Waals surface area contributed by atoms with Crippen LogP contribution in [0.5, 0.6) is 0 Å². The number of nitrogens with two attached hydrogens (primary N) is 1. The van der Waals surface area contributed by atoms with Crippen molar-refractivity contribution in [2.75, 3.05) is 0 Å². The van der Waals surface area contributed by atoms with Crippen LogP contribution in [0.1, 0.15) is 17.3 Å². The third-order valence-corrected chi connectivity index (χ3v) is 3.44. The maximum absolute atomic E-state index is 13.3. The average Bonchev–Trinajstić information content (AvgIpc) is 2.75. The first-order chi connectivity index (χ1) is 8.60. The zero-order valence-electron chi connectivity index (χ0n) is 9.90. The number of hydrogen-bond acceptors (Lipinski definition) is 3. The van der Waals surface area contributed by atoms with Gasteiger partial charge in [0.05, 0.1) is 11.7 Å². The van der Waals surface area contributed by atoms with Crippen LogP contribution >= 0.6 is 15.9 Å². The SMILES string of the molecule is Cn1ccc(CC(NN)c2cc(F)ccc2Br)n1. The maximum atomic E-state index is 13.3. The average molecular weight is 313 g/mol. The Hall–Kier alpha value is -1.24. The van der Waals surface area contributed by atoms with Gasteiger partial charge in [0.2, 0.25) is 0 Å². The lowest BCUT2D eigenvalue weighted by Gasteiger charge is -2.16. The molecule has 0 aliphatic rings. The van der Waals surface area contributed by atoms with Crippen LogP contribution in [0.15, 0.2) is 34.9 Å². The van der Waals surface area contributed by atoms with Crippen molar-refractivity contribution >= 4 is 15.9 Å². The fourth-order valence-corrected chi connectivity index (χ4v) is 2.34. The molecule has 6 heteroatoms. The maximum Gasteiger partial charge on any atom is 0.123 e. The van der Waals surface area contributed by atoms with Crippen LogP contribution in [0.2, 0.25) is 0 Å². The quantitative estimate of drug-likeness (QED) is 0.671. The number of nitrogens with zero attached hydrogens (tertiary/aromatic N) is 2. The molecule has 0 saturated heterocycles. The zero-order chi connectivity index (χ0) is 13.1. The molecule has 3 N–H and O–H groups in total. The van der Waals surface area contributed by atoms with E-state index in [1.54, 1.807) is 10.7 Å². The molecule has 0 amide bonds. The summed E-state index contributed by atoms with van der Waals surface area (Å²) in [5.74, 6) is 5.27. The van der Waals surface area contributed by atoms with Crippen molar-refractivity contribution in [3.63, 3.8) is 0 Å². The summed E-state index contributed by atoms with van der Waals surface area (Å²) in [6.07, 6.45) is 2.46. The summed E-state index contributed by atoms with van der Waals surface area (Å²) >= 11 is 3.40. The van der Waals surface area contributed by atoms with Crippen LogP contribution in [-0.4, -0.2) is 9.78 Å². The number of nitrogens with one attached hydrogen (secondary N) is 1. The fraction of sp³-hybridized carbons (Fsp3) is 0.250. The van der Waals surface area contributed by atoms with Crippen LogP contribution in [0, 0.1) is 5.82 Å². The Kier molecular flexibility index (Phi) is 4.11. The van der Waals surface area contributed by atoms with Gasteiger partial charge in [-0.05, 0) is 29.8 Å². The highest BCUT2D eigenvalue weighted by Crippen LogP contribution is 2.26. The first-order valence-corrected chi connectivity index (χ1v) is 6.29. The van der Waals surface area contributed by atoms with E-state index < -0.39 is 0 Å². The lowest BCUT2D eigenvalue weighted by molar-refractivity contribution is 0.533. The van der Waals surface area contributed by atoms with Crippen LogP contribution in [-0.2, 0) is 13.5 Å². The van der Waals surface area contributed by atoms with Gasteiger partial charge in [0.25, 0.3) is 0 Å². The normalized spacial score (nSPS) is 12.7. The predicted molar refractivity (Wildman–Crippen MR) is 71.1 cm³/mol. The number of hydrazine groups is 1. The van der Waals surface area contributed by atoms with Crippen LogP contribution in [0.25, 0.3) is 0 Å². The Balaban J connectivity index is 2.25. The second kappa shape index (κ2) is 5.60. The van der Waals surface area contributed by atoms with E-state index in [4.69, 9.17) is 5.84 Å². The molecule has 1 unspecified atom stereocenters. The van der Waals surface area contributed by atoms with Crippen LogP contribution < -0.4 is 11.3 Å². The minimum absolute atomic E-state index is 0.190. The highest BCUT2D eigenvalue weighted by molar-refractivity contribution is 9.10. The minimum Gasteiger partial charge on any atom is -0.276 e. The third-order valence-electron chi connectivity index (χ3n) is 2.72. The predicted octanol–water partition coefficient (Wildman–Crippen LogP) is 2.07. The standard InChI is InChI=1S/C12H14BrFN4/c1-18-5-4-9(17-18)7-12(16-15)10-6-8(14)2-3-11(10)13/h2-6,12,16H,7,15H2,1H3. The lowest BCUT2D eigenvalue weighted by Crippen LogP contribution is -2.30. The molecule has 96 valence electrons. The van der Waals surface area contributed by atoms with Gasteiger partial charge in [-0.2, -0.15) is 5.10 Å². The zero-order valence-corrected chi connectivity index (χ0v) is 11.5. The summed E-state index contributed by atoms with van der Waals surface area (Å²) < 4.78 is 15.8. The number of aromatic nitrogens is 2. The molecule has 18 heavy (non-hydrogen) atoms. The molecule has 2 rings (SSSR count). The molecule has 1 heterocycles. The molecule has 0 radical (unpaired) electrons. The molecule has 0 aliphatic heterocycles. The molecule has 0 spiro atoms. The van der Waals surface area contributed by atoms with Gasteiger partial charge in [-0.25, -0.2) is 4.39 Å². The van der Waals surface area contributed by atoms with Crippen molar-refractivity contribution in [3.05, 3.63) is 52.0 Å². The van der Waals surface area contributed by atoms with Crippen molar-refractivity contribution in [2.45, 2.75) is 12.5 Å². The Bertz CT molecular complexity index is 541. The second-order valence-electron chi connectivity index (χ2n) is 4.07. The number of rotatable bonds is 4. The molecule has 1 aromatic heterocycles. The van der Waals surface area contributed by atoms with Crippen molar-refractivity contribution in [1.82, 2.24) is 15.2 Å². The van der Waals surface area contributed by atoms with E-state index in [1.165, 1.54) is 12.1 Å². The summed E-state index contributed by atoms with van der Waals surface area (Å²) in [5, 5.41) is 4.29. The summed E-state index contributed by atoms with van der Waals surface area (Å²) in [7, 11) is 1.85. The van der Waals surface area contributed by atoms with E-state index in [1.807, 2.05) is 19.3 Å². The highest BCUT2D eigenvalue weighted by Gasteiger charge is 2.15. The van der Waals surface area contributed by atoms with Crippen molar-refractivity contribution < 1.29 is 4.39 Å². The summed E-state index contributed by atoms with van der Waals surface area (Å²) in [6.45, 7) is 0. The molecular weight excluding hydrogens is 299 g/mol. The van der Waals surface area contributed by atoms with E-state index >= 15 is 0 Å². The topological polar surface area (TPSA) is 55.9 Å². The van der Waals surface area contributed by atoms with E-state index in [2.05, 4.69) is 26.5 Å². The Labute approximate surface area is 113 Å². The van der Waals surface area contributed by atoms with Crippen molar-refractivity contribution in [3.8, 4) is 0 Å². The van der Waals surface area contributed by atoms with E-state index in [-0.39, 0.29) is 11.9 Å². The molecule has 0 fully saturated rings. The first kappa shape index (κ1) is 13.2. The summed E-state index contributed by atoms with van der Waals surface area (Å²) in [5.41, 5.74) is 4.38. The van der Waals surface area contributed by atoms with Gasteiger partial charge in [0.1, 0.15) is 5.82 Å². The van der Waals surface area contributed by atoms with Gasteiger partial charge in [0.15, 0.2) is 0 Å². The highest BCUT2D eigenvalue weighted by atomic mass is 79.9. The smallest absolute Gasteiger partial charge is 0.123 e. The first-order valence-electron chi connectivity index (χ1n) is 5.49. The van der Waals surface area contributed by atoms with Gasteiger partial charge in [-0.15, -0.1) is 0 Å². The Morgan fingerprint density at radius 2 is 2.28 bits per heavy atom. The van der Waals surface area contributed by atoms with Crippen LogP contribution in [0.3, 0.4) is 0 Å². The molecule has 1 aromatic carbocycles. The molecule has 0 aliphatic carbocycles. The van der Waals surface area contributed by atoms with Crippen LogP contribution in [0.4, 0.5) is 4.39 Å². The Morgan fingerprint density at radius 1 is 1.50 bits per heavy atom. The second-order valence-corrected chi connectivity index (χ2v) is 4.92. The fourth-order valence-electron chi connectivity index (χ4n) is 1.82. The summed E-state index contributed by atoms with van der Waals surface area (Å²) in [6, 6.07) is 6.27. The number of hydrogen-bond donors (Lipinski definition) is 2. The largest absolute Gasteiger partial charge is 0.276 e. The molecule has 1 atom stereocenters. The van der Waals surface area contributed by atoms with E-state index in [0.717, 1.165) is 15.7 Å². The van der Waals surface area contributed by atoms with Gasteiger partial charge >= 0.3 is 0 Å². The lowest BCUT2D eigenvalue weighted by atomic mass is 10.0. The molecule has 4 nitrogen and oxygen atoms in total. The third kappa shape index (κ3) is 2.95.